The summed E-state index contributed by atoms with van der Waals surface area (Å²) < 4.78 is 9.90. The molecule has 0 aromatic rings. The van der Waals surface area contributed by atoms with Crippen molar-refractivity contribution in [2.45, 2.75) is 11.4 Å². The number of hydrogen-bond acceptors (Lipinski definition) is 3. The maximum absolute atomic E-state index is 11.6. The molecule has 0 rings (SSSR count). The summed E-state index contributed by atoms with van der Waals surface area (Å²) in [5.41, 5.74) is -0.612. The van der Waals surface area contributed by atoms with Gasteiger partial charge in [-0.2, -0.15) is 0 Å². The van der Waals surface area contributed by atoms with Gasteiger partial charge in [0.15, 0.2) is 4.47 Å². The highest BCUT2D eigenvalue weighted by molar-refractivity contribution is 14.3. The van der Waals surface area contributed by atoms with Crippen molar-refractivity contribution < 1.29 is 14.3 Å². The molecule has 0 aliphatic rings. The smallest absolute Gasteiger partial charge is 0.332 e. The maximum atomic E-state index is 11.6. The molecule has 0 radical (unpaired) electrons. The molecular weight excluding hydrogens is 893 g/mol. The van der Waals surface area contributed by atoms with Crippen molar-refractivity contribution in [2.75, 3.05) is 13.7 Å². The highest BCUT2D eigenvalue weighted by Gasteiger charge is 2.58. The van der Waals surface area contributed by atoms with Crippen molar-refractivity contribution in [1.29, 1.82) is 0 Å². The highest BCUT2D eigenvalue weighted by Crippen LogP contribution is 2.60. The summed E-state index contributed by atoms with van der Waals surface area (Å²) >= 11 is 13.7. The predicted molar refractivity (Wildman–Crippen MR) is 116 cm³/mol. The van der Waals surface area contributed by atoms with Gasteiger partial charge in [0.05, 0.1) is 0 Å². The number of methoxy groups -OCH3 is 1. The molecule has 96 valence electrons. The summed E-state index contributed by atoms with van der Waals surface area (Å²) in [5, 5.41) is 0. The number of ether oxygens (including phenoxy) is 2. The lowest BCUT2D eigenvalue weighted by Crippen LogP contribution is -2.52. The third-order valence-corrected chi connectivity index (χ3v) is 7.84. The van der Waals surface area contributed by atoms with Crippen molar-refractivity contribution in [3.63, 3.8) is 0 Å². The van der Waals surface area contributed by atoms with Crippen LogP contribution in [0, 0.1) is 0 Å². The average Bonchev–Trinajstić information content (AvgIpc) is 1.99. The van der Waals surface area contributed by atoms with E-state index in [1.54, 1.807) is 0 Å². The van der Waals surface area contributed by atoms with Crippen LogP contribution in [0.3, 0.4) is 0 Å². The number of esters is 1. The van der Waals surface area contributed by atoms with Gasteiger partial charge in [-0.05, 0) is 6.92 Å². The average molecular weight is 902 g/mol. The molecule has 0 aromatic heterocycles. The molecule has 0 heterocycles. The molecule has 0 fully saturated rings. The molecule has 0 unspecified atom stereocenters. The van der Waals surface area contributed by atoms with Crippen LogP contribution in [-0.2, 0) is 14.3 Å². The lowest BCUT2D eigenvalue weighted by molar-refractivity contribution is -0.159. The molecule has 0 saturated carbocycles. The Morgan fingerprint density at radius 2 is 1.44 bits per heavy atom. The first-order valence-electron chi connectivity index (χ1n) is 3.80. The van der Waals surface area contributed by atoms with Crippen molar-refractivity contribution in [3.8, 4) is 0 Å². The topological polar surface area (TPSA) is 35.5 Å². The van der Waals surface area contributed by atoms with Crippen LogP contribution in [-0.4, -0.2) is 24.2 Å². The standard InChI is InChI=1S/C7H8I6O3/c1-5(6(8,9)10,7(11,12)13)16-4(14)3-15-2/h3H2,1-2H3. The third-order valence-electron chi connectivity index (χ3n) is 1.66. The van der Waals surface area contributed by atoms with Gasteiger partial charge in [0.1, 0.15) is 6.61 Å². The van der Waals surface area contributed by atoms with Crippen LogP contribution >= 0.6 is 136 Å². The van der Waals surface area contributed by atoms with Gasteiger partial charge in [-0.15, -0.1) is 0 Å². The Kier molecular flexibility index (Phi) is 9.55. The summed E-state index contributed by atoms with van der Waals surface area (Å²) in [6.07, 6.45) is 0. The largest absolute Gasteiger partial charge is 0.451 e. The van der Waals surface area contributed by atoms with E-state index in [0.29, 0.717) is 0 Å². The van der Waals surface area contributed by atoms with Crippen LogP contribution < -0.4 is 0 Å². The van der Waals surface area contributed by atoms with E-state index in [2.05, 4.69) is 136 Å². The van der Waals surface area contributed by atoms with Crippen molar-refractivity contribution >= 4 is 142 Å². The number of carbonyl (C=O) groups excluding carboxylic acids is 1. The minimum absolute atomic E-state index is 0.0183. The molecule has 3 nitrogen and oxygen atoms in total. The van der Waals surface area contributed by atoms with E-state index in [4.69, 9.17) is 9.47 Å². The fraction of sp³-hybridized carbons (Fsp3) is 0.857. The van der Waals surface area contributed by atoms with Gasteiger partial charge in [-0.1, -0.05) is 136 Å². The Bertz CT molecular complexity index is 242. The first kappa shape index (κ1) is 19.8. The fourth-order valence-corrected chi connectivity index (χ4v) is 8.38. The van der Waals surface area contributed by atoms with E-state index in [1.165, 1.54) is 7.11 Å². The zero-order chi connectivity index (χ0) is 13.2. The van der Waals surface area contributed by atoms with Crippen LogP contribution in [0.15, 0.2) is 0 Å². The Morgan fingerprint density at radius 1 is 1.06 bits per heavy atom. The molecule has 0 aromatic carbocycles. The second-order valence-corrected chi connectivity index (χ2v) is 25.0. The molecule has 0 aliphatic carbocycles. The quantitative estimate of drug-likeness (QED) is 0.225. The Labute approximate surface area is 177 Å². The number of hydrogen-bond donors (Lipinski definition) is 0. The van der Waals surface area contributed by atoms with Gasteiger partial charge in [-0.3, -0.25) is 0 Å². The molecule has 0 saturated heterocycles. The summed E-state index contributed by atoms with van der Waals surface area (Å²) in [4.78, 5) is 11.6. The normalized spacial score (nSPS) is 13.8. The zero-order valence-electron chi connectivity index (χ0n) is 8.20. The van der Waals surface area contributed by atoms with Gasteiger partial charge in [0, 0.05) is 7.11 Å². The summed E-state index contributed by atoms with van der Waals surface area (Å²) in [7, 11) is 1.48. The van der Waals surface area contributed by atoms with Crippen LogP contribution in [0.25, 0.3) is 0 Å². The van der Waals surface area contributed by atoms with E-state index < -0.39 is 5.60 Å². The van der Waals surface area contributed by atoms with Gasteiger partial charge in [0.25, 0.3) is 0 Å². The molecule has 0 bridgehead atoms. The third kappa shape index (κ3) is 5.66. The van der Waals surface area contributed by atoms with E-state index in [9.17, 15) is 4.79 Å². The van der Waals surface area contributed by atoms with Gasteiger partial charge >= 0.3 is 5.97 Å². The minimum Gasteiger partial charge on any atom is -0.451 e. The Balaban J connectivity index is 5.06. The predicted octanol–water partition coefficient (Wildman–Crippen LogP) is 4.85. The number of carbonyl (C=O) groups is 1. The number of halogens is 6. The molecular formula is C7H8I6O3. The van der Waals surface area contributed by atoms with Crippen LogP contribution in [0.1, 0.15) is 6.92 Å². The van der Waals surface area contributed by atoms with E-state index in [1.807, 2.05) is 6.92 Å². The first-order chi connectivity index (χ1) is 6.95. The Morgan fingerprint density at radius 3 is 1.69 bits per heavy atom. The van der Waals surface area contributed by atoms with Crippen LogP contribution in [0.4, 0.5) is 0 Å². The molecule has 9 heteroatoms. The summed E-state index contributed by atoms with van der Waals surface area (Å²) in [5.74, 6) is -0.339. The summed E-state index contributed by atoms with van der Waals surface area (Å²) in [6, 6.07) is 0. The lowest BCUT2D eigenvalue weighted by Gasteiger charge is -2.42. The second-order valence-electron chi connectivity index (χ2n) is 2.94. The lowest BCUT2D eigenvalue weighted by atomic mass is 10.2. The number of alkyl halides is 6. The molecule has 16 heavy (non-hydrogen) atoms. The van der Waals surface area contributed by atoms with Gasteiger partial charge in [-0.25, -0.2) is 4.79 Å². The van der Waals surface area contributed by atoms with E-state index >= 15 is 0 Å². The van der Waals surface area contributed by atoms with Crippen molar-refractivity contribution in [1.82, 2.24) is 0 Å². The molecule has 0 N–H and O–H groups in total. The van der Waals surface area contributed by atoms with Crippen molar-refractivity contribution in [2.24, 2.45) is 0 Å². The monoisotopic (exact) mass is 901 g/mol. The highest BCUT2D eigenvalue weighted by atomic mass is 127. The Hall–Kier alpha value is 3.81. The van der Waals surface area contributed by atoms with Crippen LogP contribution in [0.5, 0.6) is 0 Å². The van der Waals surface area contributed by atoms with Crippen LogP contribution in [0.2, 0.25) is 0 Å². The second kappa shape index (κ2) is 7.71. The minimum atomic E-state index is -0.612. The maximum Gasteiger partial charge on any atom is 0.332 e. The number of rotatable bonds is 5. The molecule has 0 aliphatic heterocycles. The zero-order valence-corrected chi connectivity index (χ0v) is 21.1. The van der Waals surface area contributed by atoms with E-state index in [0.717, 1.165) is 0 Å². The van der Waals surface area contributed by atoms with E-state index in [-0.39, 0.29) is 11.4 Å². The van der Waals surface area contributed by atoms with Crippen molar-refractivity contribution in [3.05, 3.63) is 0 Å². The van der Waals surface area contributed by atoms with Gasteiger partial charge in [0.2, 0.25) is 0 Å². The first-order valence-corrected chi connectivity index (χ1v) is 10.3. The molecule has 0 spiro atoms. The molecule has 0 amide bonds. The molecule has 0 atom stereocenters. The summed E-state index contributed by atoms with van der Waals surface area (Å²) in [6.45, 7) is 1.92. The van der Waals surface area contributed by atoms with Gasteiger partial charge < -0.3 is 9.47 Å². The SMILES string of the molecule is COCC(=O)OC(C)(C(I)(I)I)C(I)(I)I. The fourth-order valence-electron chi connectivity index (χ4n) is 0.651.